The van der Waals surface area contributed by atoms with Crippen LogP contribution in [0.25, 0.3) is 0 Å². The van der Waals surface area contributed by atoms with E-state index < -0.39 is 38.6 Å². The number of aliphatic carboxylic acids is 1. The maximum atomic E-state index is 13.0. The number of carboxylic acid groups (broad SMARTS) is 1. The van der Waals surface area contributed by atoms with Crippen molar-refractivity contribution in [3.63, 3.8) is 0 Å². The van der Waals surface area contributed by atoms with Crippen LogP contribution in [0, 0.1) is 11.6 Å². The molecule has 0 saturated carbocycles. The van der Waals surface area contributed by atoms with E-state index in [1.165, 1.54) is 11.8 Å². The van der Waals surface area contributed by atoms with E-state index in [9.17, 15) is 22.0 Å². The van der Waals surface area contributed by atoms with Crippen molar-refractivity contribution in [3.05, 3.63) is 29.8 Å². The van der Waals surface area contributed by atoms with Crippen molar-refractivity contribution in [2.75, 3.05) is 12.0 Å². The molecule has 0 bridgehead atoms. The quantitative estimate of drug-likeness (QED) is 0.793. The first-order valence-electron chi connectivity index (χ1n) is 5.46. The van der Waals surface area contributed by atoms with E-state index in [0.29, 0.717) is 24.0 Å². The highest BCUT2D eigenvalue weighted by atomic mass is 32.2. The number of halogens is 2. The highest BCUT2D eigenvalue weighted by Crippen LogP contribution is 2.15. The number of hydrogen-bond donors (Lipinski definition) is 2. The second-order valence-corrected chi connectivity index (χ2v) is 6.60. The van der Waals surface area contributed by atoms with Gasteiger partial charge in [0.15, 0.2) is 0 Å². The van der Waals surface area contributed by atoms with Crippen LogP contribution in [0.5, 0.6) is 0 Å². The number of rotatable bonds is 7. The fourth-order valence-electron chi connectivity index (χ4n) is 1.41. The molecule has 0 aromatic heterocycles. The molecule has 0 unspecified atom stereocenters. The topological polar surface area (TPSA) is 83.5 Å². The van der Waals surface area contributed by atoms with Gasteiger partial charge in [-0.05, 0) is 30.6 Å². The average molecular weight is 325 g/mol. The Labute approximate surface area is 119 Å². The molecule has 9 heteroatoms. The largest absolute Gasteiger partial charge is 0.480 e. The molecule has 0 spiro atoms. The van der Waals surface area contributed by atoms with Gasteiger partial charge in [0.25, 0.3) is 0 Å². The molecular formula is C11H13F2NO4S2. The normalized spacial score (nSPS) is 13.2. The average Bonchev–Trinajstić information content (AvgIpc) is 2.32. The monoisotopic (exact) mass is 325 g/mol. The van der Waals surface area contributed by atoms with Gasteiger partial charge in [-0.15, -0.1) is 0 Å². The Morgan fingerprint density at radius 1 is 1.35 bits per heavy atom. The SMILES string of the molecule is CSCC[C@@H](NS(=O)(=O)c1cc(F)cc(F)c1)C(=O)O. The molecule has 1 atom stereocenters. The third kappa shape index (κ3) is 4.73. The summed E-state index contributed by atoms with van der Waals surface area (Å²) in [4.78, 5) is 10.3. The highest BCUT2D eigenvalue weighted by molar-refractivity contribution is 7.98. The smallest absolute Gasteiger partial charge is 0.321 e. The first kappa shape index (κ1) is 16.9. The zero-order valence-electron chi connectivity index (χ0n) is 10.5. The second-order valence-electron chi connectivity index (χ2n) is 3.90. The van der Waals surface area contributed by atoms with Crippen LogP contribution in [-0.2, 0) is 14.8 Å². The lowest BCUT2D eigenvalue weighted by Gasteiger charge is -2.14. The van der Waals surface area contributed by atoms with Gasteiger partial charge in [0.05, 0.1) is 4.90 Å². The van der Waals surface area contributed by atoms with Crippen molar-refractivity contribution in [2.45, 2.75) is 17.4 Å². The lowest BCUT2D eigenvalue weighted by molar-refractivity contribution is -0.139. The summed E-state index contributed by atoms with van der Waals surface area (Å²) in [5.41, 5.74) is 0. The summed E-state index contributed by atoms with van der Waals surface area (Å²) in [6.45, 7) is 0. The maximum Gasteiger partial charge on any atom is 0.321 e. The Hall–Kier alpha value is -1.19. The van der Waals surface area contributed by atoms with Crippen molar-refractivity contribution in [2.24, 2.45) is 0 Å². The van der Waals surface area contributed by atoms with Crippen LogP contribution >= 0.6 is 11.8 Å². The number of thioether (sulfide) groups is 1. The molecule has 1 aromatic rings. The van der Waals surface area contributed by atoms with E-state index in [2.05, 4.69) is 0 Å². The number of sulfonamides is 1. The van der Waals surface area contributed by atoms with Crippen molar-refractivity contribution >= 4 is 27.8 Å². The van der Waals surface area contributed by atoms with Crippen molar-refractivity contribution in [1.82, 2.24) is 4.72 Å². The summed E-state index contributed by atoms with van der Waals surface area (Å²) in [5, 5.41) is 8.93. The van der Waals surface area contributed by atoms with Gasteiger partial charge in [-0.25, -0.2) is 17.2 Å². The fourth-order valence-corrected chi connectivity index (χ4v) is 3.14. The van der Waals surface area contributed by atoms with Crippen LogP contribution in [0.15, 0.2) is 23.1 Å². The minimum Gasteiger partial charge on any atom is -0.480 e. The molecule has 0 aliphatic carbocycles. The third-order valence-electron chi connectivity index (χ3n) is 2.35. The van der Waals surface area contributed by atoms with Crippen molar-refractivity contribution < 1.29 is 27.1 Å². The van der Waals surface area contributed by atoms with Gasteiger partial charge in [0.2, 0.25) is 10.0 Å². The van der Waals surface area contributed by atoms with Gasteiger partial charge >= 0.3 is 5.97 Å². The van der Waals surface area contributed by atoms with Gasteiger partial charge in [-0.3, -0.25) is 4.79 Å². The lowest BCUT2D eigenvalue weighted by atomic mass is 10.2. The zero-order valence-corrected chi connectivity index (χ0v) is 12.1. The predicted molar refractivity (Wildman–Crippen MR) is 71.1 cm³/mol. The molecule has 0 saturated heterocycles. The molecule has 112 valence electrons. The van der Waals surface area contributed by atoms with E-state index in [4.69, 9.17) is 5.11 Å². The Bertz CT molecular complexity index is 572. The fraction of sp³-hybridized carbons (Fsp3) is 0.364. The van der Waals surface area contributed by atoms with Crippen molar-refractivity contribution in [1.29, 1.82) is 0 Å². The third-order valence-corrected chi connectivity index (χ3v) is 4.45. The molecule has 1 rings (SSSR count). The second kappa shape index (κ2) is 7.00. The first-order chi connectivity index (χ1) is 9.26. The molecule has 0 aliphatic heterocycles. The van der Waals surface area contributed by atoms with E-state index in [0.717, 1.165) is 0 Å². The number of nitrogens with one attached hydrogen (secondary N) is 1. The standard InChI is InChI=1S/C11H13F2NO4S2/c1-19-3-2-10(11(15)16)14-20(17,18)9-5-7(12)4-8(13)6-9/h4-6,10,14H,2-3H2,1H3,(H,15,16)/t10-/m1/s1. The molecule has 0 heterocycles. The molecule has 5 nitrogen and oxygen atoms in total. The van der Waals surface area contributed by atoms with Crippen molar-refractivity contribution in [3.8, 4) is 0 Å². The number of carboxylic acids is 1. The molecule has 0 aliphatic rings. The van der Waals surface area contributed by atoms with E-state index in [1.54, 1.807) is 6.26 Å². The summed E-state index contributed by atoms with van der Waals surface area (Å²) in [6, 6.07) is 0.429. The van der Waals surface area contributed by atoms with Gasteiger partial charge in [-0.2, -0.15) is 16.5 Å². The van der Waals surface area contributed by atoms with Gasteiger partial charge in [0.1, 0.15) is 17.7 Å². The molecular weight excluding hydrogens is 312 g/mol. The lowest BCUT2D eigenvalue weighted by Crippen LogP contribution is -2.41. The van der Waals surface area contributed by atoms with E-state index in [-0.39, 0.29) is 6.42 Å². The maximum absolute atomic E-state index is 13.0. The van der Waals surface area contributed by atoms with Crippen LogP contribution in [0.2, 0.25) is 0 Å². The number of benzene rings is 1. The summed E-state index contributed by atoms with van der Waals surface area (Å²) >= 11 is 1.36. The predicted octanol–water partition coefficient (Wildman–Crippen LogP) is 1.45. The summed E-state index contributed by atoms with van der Waals surface area (Å²) in [7, 11) is -4.30. The van der Waals surface area contributed by atoms with E-state index >= 15 is 0 Å². The number of hydrogen-bond acceptors (Lipinski definition) is 4. The molecule has 0 radical (unpaired) electrons. The van der Waals surface area contributed by atoms with E-state index in [1.807, 2.05) is 4.72 Å². The summed E-state index contributed by atoms with van der Waals surface area (Å²) < 4.78 is 51.7. The summed E-state index contributed by atoms with van der Waals surface area (Å²) in [6.07, 6.45) is 1.81. The van der Waals surface area contributed by atoms with Gasteiger partial charge < -0.3 is 5.11 Å². The minimum atomic E-state index is -4.30. The van der Waals surface area contributed by atoms with Crippen LogP contribution < -0.4 is 4.72 Å². The zero-order chi connectivity index (χ0) is 15.3. The van der Waals surface area contributed by atoms with Crippen LogP contribution in [0.3, 0.4) is 0 Å². The molecule has 2 N–H and O–H groups in total. The summed E-state index contributed by atoms with van der Waals surface area (Å²) in [5.74, 6) is -3.03. The van der Waals surface area contributed by atoms with Crippen LogP contribution in [0.1, 0.15) is 6.42 Å². The first-order valence-corrected chi connectivity index (χ1v) is 8.34. The Morgan fingerprint density at radius 3 is 2.35 bits per heavy atom. The number of carbonyl (C=O) groups is 1. The van der Waals surface area contributed by atoms with Gasteiger partial charge in [0, 0.05) is 6.07 Å². The molecule has 20 heavy (non-hydrogen) atoms. The van der Waals surface area contributed by atoms with Gasteiger partial charge in [-0.1, -0.05) is 0 Å². The Balaban J connectivity index is 3.00. The van der Waals surface area contributed by atoms with Crippen LogP contribution in [-0.4, -0.2) is 37.5 Å². The minimum absolute atomic E-state index is 0.0630. The van der Waals surface area contributed by atoms with Crippen LogP contribution in [0.4, 0.5) is 8.78 Å². The molecule has 1 aromatic carbocycles. The highest BCUT2D eigenvalue weighted by Gasteiger charge is 2.25. The molecule has 0 amide bonds. The Kier molecular flexibility index (Phi) is 5.90. The Morgan fingerprint density at radius 2 is 1.90 bits per heavy atom. The molecule has 0 fully saturated rings.